The maximum absolute atomic E-state index is 13.5. The molecule has 1 aromatic heterocycles. The first-order valence-corrected chi connectivity index (χ1v) is 13.1. The van der Waals surface area contributed by atoms with E-state index in [4.69, 9.17) is 9.72 Å². The summed E-state index contributed by atoms with van der Waals surface area (Å²) in [6.07, 6.45) is 0. The number of morpholine rings is 1. The predicted molar refractivity (Wildman–Crippen MR) is 131 cm³/mol. The number of piperazine rings is 1. The van der Waals surface area contributed by atoms with Gasteiger partial charge in [-0.05, 0) is 24.1 Å². The predicted octanol–water partition coefficient (Wildman–Crippen LogP) is 3.06. The van der Waals surface area contributed by atoms with Crippen molar-refractivity contribution in [1.82, 2.24) is 14.2 Å². The number of fused-ring (bicyclic) bond motifs is 1. The smallest absolute Gasteiger partial charge is 0.243 e. The van der Waals surface area contributed by atoms with Crippen molar-refractivity contribution < 1.29 is 13.2 Å². The van der Waals surface area contributed by atoms with Crippen LogP contribution in [-0.2, 0) is 14.8 Å². The summed E-state index contributed by atoms with van der Waals surface area (Å²) in [5, 5.41) is 2.16. The van der Waals surface area contributed by atoms with Crippen LogP contribution in [0.4, 0.5) is 5.82 Å². The molecule has 2 fully saturated rings. The lowest BCUT2D eigenvalue weighted by Crippen LogP contribution is -2.46. The highest BCUT2D eigenvalue weighted by Gasteiger charge is 2.29. The topological polar surface area (TPSA) is 66.0 Å². The minimum Gasteiger partial charge on any atom is -0.379 e. The molecule has 0 amide bonds. The van der Waals surface area contributed by atoms with Gasteiger partial charge in [0.2, 0.25) is 10.0 Å². The van der Waals surface area contributed by atoms with Gasteiger partial charge in [0.15, 0.2) is 0 Å². The van der Waals surface area contributed by atoms with Crippen LogP contribution in [0.5, 0.6) is 0 Å². The first kappa shape index (κ1) is 22.3. The Labute approximate surface area is 195 Å². The van der Waals surface area contributed by atoms with E-state index < -0.39 is 10.0 Å². The van der Waals surface area contributed by atoms with Crippen molar-refractivity contribution in [2.75, 3.05) is 63.9 Å². The minimum absolute atomic E-state index is 0.302. The van der Waals surface area contributed by atoms with Gasteiger partial charge >= 0.3 is 0 Å². The van der Waals surface area contributed by atoms with E-state index in [0.29, 0.717) is 42.5 Å². The van der Waals surface area contributed by atoms with Gasteiger partial charge in [0.25, 0.3) is 0 Å². The van der Waals surface area contributed by atoms with Gasteiger partial charge < -0.3 is 14.5 Å². The Balaban J connectivity index is 1.60. The highest BCUT2D eigenvalue weighted by molar-refractivity contribution is 7.89. The number of nitrogens with zero attached hydrogens (tertiary/aromatic N) is 4. The monoisotopic (exact) mass is 466 g/mol. The standard InChI is InChI=1S/C25H30N4O3S/c1-2-27-11-13-28(14-12-27)25-21-8-4-3-7-20(21)19-23(26-25)22-9-5-6-10-24(22)33(30,31)29-15-17-32-18-16-29/h3-10,19H,2,11-18H2,1H3. The average Bonchev–Trinajstić information content (AvgIpc) is 2.88. The van der Waals surface area contributed by atoms with Crippen molar-refractivity contribution in [3.8, 4) is 11.3 Å². The van der Waals surface area contributed by atoms with E-state index in [2.05, 4.69) is 28.9 Å². The molecule has 0 bridgehead atoms. The summed E-state index contributed by atoms with van der Waals surface area (Å²) in [6.45, 7) is 8.63. The quantitative estimate of drug-likeness (QED) is 0.576. The lowest BCUT2D eigenvalue weighted by atomic mass is 10.1. The summed E-state index contributed by atoms with van der Waals surface area (Å²) in [5.74, 6) is 0.928. The molecule has 2 aliphatic heterocycles. The summed E-state index contributed by atoms with van der Waals surface area (Å²) in [6, 6.07) is 17.4. The van der Waals surface area contributed by atoms with Crippen LogP contribution < -0.4 is 4.90 Å². The van der Waals surface area contributed by atoms with Gasteiger partial charge in [0, 0.05) is 50.2 Å². The first-order chi connectivity index (χ1) is 16.1. The fourth-order valence-electron chi connectivity index (χ4n) is 4.66. The van der Waals surface area contributed by atoms with Gasteiger partial charge in [0.05, 0.1) is 23.8 Å². The van der Waals surface area contributed by atoms with Crippen LogP contribution in [0.15, 0.2) is 59.5 Å². The van der Waals surface area contributed by atoms with Crippen LogP contribution >= 0.6 is 0 Å². The molecule has 174 valence electrons. The maximum atomic E-state index is 13.5. The van der Waals surface area contributed by atoms with E-state index in [1.165, 1.54) is 4.31 Å². The fourth-order valence-corrected chi connectivity index (χ4v) is 6.27. The lowest BCUT2D eigenvalue weighted by molar-refractivity contribution is 0.0730. The molecule has 3 heterocycles. The molecule has 3 aromatic rings. The molecule has 0 unspecified atom stereocenters. The molecule has 33 heavy (non-hydrogen) atoms. The first-order valence-electron chi connectivity index (χ1n) is 11.6. The third-order valence-electron chi connectivity index (χ3n) is 6.59. The largest absolute Gasteiger partial charge is 0.379 e. The Bertz CT molecular complexity index is 1230. The van der Waals surface area contributed by atoms with Crippen LogP contribution in [0, 0.1) is 0 Å². The molecular weight excluding hydrogens is 436 g/mol. The minimum atomic E-state index is -3.65. The molecule has 0 atom stereocenters. The molecule has 0 radical (unpaired) electrons. The molecule has 8 heteroatoms. The molecular formula is C25H30N4O3S. The summed E-state index contributed by atoms with van der Waals surface area (Å²) in [4.78, 5) is 10.1. The number of sulfonamides is 1. The van der Waals surface area contributed by atoms with E-state index in [-0.39, 0.29) is 0 Å². The Hall–Kier alpha value is -2.52. The van der Waals surface area contributed by atoms with Crippen molar-refractivity contribution in [2.45, 2.75) is 11.8 Å². The zero-order valence-corrected chi connectivity index (χ0v) is 19.8. The number of benzene rings is 2. The third kappa shape index (κ3) is 4.36. The van der Waals surface area contributed by atoms with Gasteiger partial charge in [0.1, 0.15) is 5.82 Å². The number of aromatic nitrogens is 1. The maximum Gasteiger partial charge on any atom is 0.243 e. The SMILES string of the molecule is CCN1CCN(c2nc(-c3ccccc3S(=O)(=O)N3CCOCC3)cc3ccccc23)CC1. The molecule has 7 nitrogen and oxygen atoms in total. The van der Waals surface area contributed by atoms with Gasteiger partial charge in [-0.15, -0.1) is 0 Å². The zero-order valence-electron chi connectivity index (χ0n) is 19.0. The number of anilines is 1. The normalized spacial score (nSPS) is 18.6. The van der Waals surface area contributed by atoms with E-state index in [1.807, 2.05) is 30.3 Å². The summed E-state index contributed by atoms with van der Waals surface area (Å²) < 4.78 is 33.9. The van der Waals surface area contributed by atoms with Crippen molar-refractivity contribution in [3.63, 3.8) is 0 Å². The number of likely N-dealkylation sites (N-methyl/N-ethyl adjacent to an activating group) is 1. The fraction of sp³-hybridized carbons (Fsp3) is 0.400. The molecule has 2 aliphatic rings. The second-order valence-corrected chi connectivity index (χ2v) is 10.4. The Kier molecular flexibility index (Phi) is 6.34. The van der Waals surface area contributed by atoms with Crippen molar-refractivity contribution in [3.05, 3.63) is 54.6 Å². The molecule has 2 aromatic carbocycles. The van der Waals surface area contributed by atoms with E-state index in [0.717, 1.165) is 49.3 Å². The molecule has 5 rings (SSSR count). The average molecular weight is 467 g/mol. The summed E-state index contributed by atoms with van der Waals surface area (Å²) in [7, 11) is -3.65. The molecule has 0 aliphatic carbocycles. The number of rotatable bonds is 5. The second kappa shape index (κ2) is 9.38. The van der Waals surface area contributed by atoms with Crippen molar-refractivity contribution in [2.24, 2.45) is 0 Å². The molecule has 0 spiro atoms. The number of hydrogen-bond donors (Lipinski definition) is 0. The highest BCUT2D eigenvalue weighted by Crippen LogP contribution is 2.34. The molecule has 2 saturated heterocycles. The van der Waals surface area contributed by atoms with Crippen LogP contribution in [0.2, 0.25) is 0 Å². The molecule has 0 saturated carbocycles. The third-order valence-corrected chi connectivity index (χ3v) is 8.55. The lowest BCUT2D eigenvalue weighted by Gasteiger charge is -2.35. The molecule has 0 N–H and O–H groups in total. The van der Waals surface area contributed by atoms with Crippen molar-refractivity contribution >= 4 is 26.6 Å². The van der Waals surface area contributed by atoms with Gasteiger partial charge in [-0.2, -0.15) is 4.31 Å². The number of ether oxygens (including phenoxy) is 1. The Morgan fingerprint density at radius 2 is 1.61 bits per heavy atom. The van der Waals surface area contributed by atoms with Crippen LogP contribution in [0.25, 0.3) is 22.0 Å². The summed E-state index contributed by atoms with van der Waals surface area (Å²) in [5.41, 5.74) is 1.33. The second-order valence-electron chi connectivity index (χ2n) is 8.49. The van der Waals surface area contributed by atoms with Crippen molar-refractivity contribution in [1.29, 1.82) is 0 Å². The number of hydrogen-bond acceptors (Lipinski definition) is 6. The Morgan fingerprint density at radius 3 is 2.36 bits per heavy atom. The van der Waals surface area contributed by atoms with E-state index in [1.54, 1.807) is 12.1 Å². The Morgan fingerprint density at radius 1 is 0.909 bits per heavy atom. The van der Waals surface area contributed by atoms with Gasteiger partial charge in [-0.25, -0.2) is 13.4 Å². The summed E-state index contributed by atoms with van der Waals surface area (Å²) >= 11 is 0. The van der Waals surface area contributed by atoms with Gasteiger partial charge in [-0.3, -0.25) is 0 Å². The number of pyridine rings is 1. The zero-order chi connectivity index (χ0) is 22.8. The van der Waals surface area contributed by atoms with E-state index in [9.17, 15) is 8.42 Å². The van der Waals surface area contributed by atoms with Crippen LogP contribution in [0.1, 0.15) is 6.92 Å². The van der Waals surface area contributed by atoms with Crippen LogP contribution in [0.3, 0.4) is 0 Å². The van der Waals surface area contributed by atoms with E-state index >= 15 is 0 Å². The highest BCUT2D eigenvalue weighted by atomic mass is 32.2. The van der Waals surface area contributed by atoms with Crippen LogP contribution in [-0.4, -0.2) is 81.6 Å². The van der Waals surface area contributed by atoms with Gasteiger partial charge in [-0.1, -0.05) is 49.4 Å².